The van der Waals surface area contributed by atoms with Crippen molar-refractivity contribution in [1.29, 1.82) is 0 Å². The lowest BCUT2D eigenvalue weighted by molar-refractivity contribution is -0.129. The van der Waals surface area contributed by atoms with Gasteiger partial charge in [-0.05, 0) is 32.9 Å². The maximum atomic E-state index is 12.1. The first-order chi connectivity index (χ1) is 9.35. The summed E-state index contributed by atoms with van der Waals surface area (Å²) >= 11 is 5.81. The number of carbonyl (C=O) groups is 1. The Hall–Kier alpha value is -1.42. The molecule has 0 saturated carbocycles. The molecule has 112 valence electrons. The molecule has 0 heterocycles. The average Bonchev–Trinajstić information content (AvgIpc) is 2.46. The smallest absolute Gasteiger partial charge is 0.227 e. The van der Waals surface area contributed by atoms with Gasteiger partial charge in [-0.1, -0.05) is 0 Å². The zero-order chi connectivity index (χ0) is 15.3. The van der Waals surface area contributed by atoms with Crippen LogP contribution in [0.25, 0.3) is 0 Å². The van der Waals surface area contributed by atoms with Gasteiger partial charge in [0.2, 0.25) is 5.91 Å². The van der Waals surface area contributed by atoms with Crippen LogP contribution in [-0.4, -0.2) is 26.0 Å². The van der Waals surface area contributed by atoms with Crippen molar-refractivity contribution in [2.24, 2.45) is 5.41 Å². The van der Waals surface area contributed by atoms with Gasteiger partial charge >= 0.3 is 0 Å². The van der Waals surface area contributed by atoms with Crippen LogP contribution in [0.5, 0.6) is 11.5 Å². The predicted molar refractivity (Wildman–Crippen MR) is 80.6 cm³/mol. The maximum absolute atomic E-state index is 12.1. The molecule has 1 aromatic rings. The Morgan fingerprint density at radius 1 is 1.35 bits per heavy atom. The highest BCUT2D eigenvalue weighted by Gasteiger charge is 2.28. The van der Waals surface area contributed by atoms with Crippen LogP contribution in [0.1, 0.15) is 32.4 Å². The van der Waals surface area contributed by atoms with E-state index >= 15 is 0 Å². The lowest BCUT2D eigenvalue weighted by Crippen LogP contribution is -2.39. The van der Waals surface area contributed by atoms with Crippen LogP contribution in [0.2, 0.25) is 0 Å². The van der Waals surface area contributed by atoms with Crippen molar-refractivity contribution in [3.05, 3.63) is 23.8 Å². The van der Waals surface area contributed by atoms with Crippen molar-refractivity contribution in [3.63, 3.8) is 0 Å². The number of methoxy groups -OCH3 is 2. The van der Waals surface area contributed by atoms with E-state index < -0.39 is 5.41 Å². The molecule has 0 aliphatic carbocycles. The van der Waals surface area contributed by atoms with Crippen LogP contribution in [0.3, 0.4) is 0 Å². The minimum absolute atomic E-state index is 0.0853. The van der Waals surface area contributed by atoms with Crippen LogP contribution in [-0.2, 0) is 4.79 Å². The number of rotatable bonds is 6. The van der Waals surface area contributed by atoms with Gasteiger partial charge in [-0.2, -0.15) is 0 Å². The number of ether oxygens (including phenoxy) is 2. The molecule has 0 aliphatic rings. The fraction of sp³-hybridized carbons (Fsp3) is 0.533. The van der Waals surface area contributed by atoms with E-state index in [2.05, 4.69) is 5.32 Å². The van der Waals surface area contributed by atoms with Crippen molar-refractivity contribution in [1.82, 2.24) is 5.32 Å². The van der Waals surface area contributed by atoms with E-state index in [9.17, 15) is 4.79 Å². The first-order valence-corrected chi connectivity index (χ1v) is 6.98. The molecule has 0 spiro atoms. The highest BCUT2D eigenvalue weighted by Crippen LogP contribution is 2.30. The summed E-state index contributed by atoms with van der Waals surface area (Å²) in [5, 5.41) is 2.96. The second-order valence-corrected chi connectivity index (χ2v) is 5.59. The normalized spacial score (nSPS) is 12.7. The van der Waals surface area contributed by atoms with Gasteiger partial charge < -0.3 is 14.8 Å². The van der Waals surface area contributed by atoms with Crippen LogP contribution < -0.4 is 14.8 Å². The Morgan fingerprint density at radius 2 is 2.00 bits per heavy atom. The van der Waals surface area contributed by atoms with Crippen LogP contribution in [0, 0.1) is 5.41 Å². The van der Waals surface area contributed by atoms with E-state index in [-0.39, 0.29) is 17.8 Å². The first kappa shape index (κ1) is 16.6. The quantitative estimate of drug-likeness (QED) is 0.821. The summed E-state index contributed by atoms with van der Waals surface area (Å²) in [5.74, 6) is 1.58. The molecule has 0 aromatic heterocycles. The minimum atomic E-state index is -0.602. The van der Waals surface area contributed by atoms with Gasteiger partial charge in [0.05, 0.1) is 25.7 Å². The van der Waals surface area contributed by atoms with E-state index in [1.165, 1.54) is 0 Å². The van der Waals surface area contributed by atoms with Crippen molar-refractivity contribution in [2.75, 3.05) is 20.1 Å². The summed E-state index contributed by atoms with van der Waals surface area (Å²) in [6, 6.07) is 5.35. The van der Waals surface area contributed by atoms with Gasteiger partial charge in [-0.25, -0.2) is 0 Å². The fourth-order valence-electron chi connectivity index (χ4n) is 1.71. The van der Waals surface area contributed by atoms with Gasteiger partial charge in [-0.3, -0.25) is 4.79 Å². The Labute approximate surface area is 125 Å². The van der Waals surface area contributed by atoms with E-state index in [0.717, 1.165) is 5.56 Å². The zero-order valence-electron chi connectivity index (χ0n) is 12.6. The van der Waals surface area contributed by atoms with Gasteiger partial charge in [-0.15, -0.1) is 11.6 Å². The van der Waals surface area contributed by atoms with Crippen molar-refractivity contribution >= 4 is 17.5 Å². The molecule has 20 heavy (non-hydrogen) atoms. The number of hydrogen-bond donors (Lipinski definition) is 1. The monoisotopic (exact) mass is 299 g/mol. The van der Waals surface area contributed by atoms with Crippen LogP contribution >= 0.6 is 11.6 Å². The fourth-order valence-corrected chi connectivity index (χ4v) is 1.83. The molecule has 4 nitrogen and oxygen atoms in total. The molecule has 1 N–H and O–H groups in total. The molecule has 1 rings (SSSR count). The lowest BCUT2D eigenvalue weighted by atomic mass is 9.94. The van der Waals surface area contributed by atoms with Gasteiger partial charge in [0, 0.05) is 17.5 Å². The highest BCUT2D eigenvalue weighted by atomic mass is 35.5. The molecule has 0 aliphatic heterocycles. The second kappa shape index (κ2) is 6.84. The summed E-state index contributed by atoms with van der Waals surface area (Å²) in [6.07, 6.45) is 0. The molecular formula is C15H22ClNO3. The molecule has 1 amide bonds. The van der Waals surface area contributed by atoms with Gasteiger partial charge in [0.15, 0.2) is 0 Å². The number of carbonyl (C=O) groups excluding carboxylic acids is 1. The number of alkyl halides is 1. The van der Waals surface area contributed by atoms with Crippen molar-refractivity contribution in [2.45, 2.75) is 26.8 Å². The molecular weight excluding hydrogens is 278 g/mol. The van der Waals surface area contributed by atoms with Crippen molar-refractivity contribution in [3.8, 4) is 11.5 Å². The van der Waals surface area contributed by atoms with Crippen LogP contribution in [0.15, 0.2) is 18.2 Å². The average molecular weight is 300 g/mol. The lowest BCUT2D eigenvalue weighted by Gasteiger charge is -2.25. The molecule has 0 radical (unpaired) electrons. The van der Waals surface area contributed by atoms with Crippen molar-refractivity contribution < 1.29 is 14.3 Å². The SMILES string of the molecule is COc1ccc(C(C)NC(=O)C(C)(C)CCl)c(OC)c1. The second-order valence-electron chi connectivity index (χ2n) is 5.32. The Kier molecular flexibility index (Phi) is 5.69. The molecule has 0 fully saturated rings. The molecule has 0 bridgehead atoms. The maximum Gasteiger partial charge on any atom is 0.227 e. The molecule has 1 unspecified atom stereocenters. The van der Waals surface area contributed by atoms with Gasteiger partial charge in [0.25, 0.3) is 0 Å². The predicted octanol–water partition coefficient (Wildman–Crippen LogP) is 3.15. The number of amides is 1. The number of hydrogen-bond acceptors (Lipinski definition) is 3. The Balaban J connectivity index is 2.92. The highest BCUT2D eigenvalue weighted by molar-refractivity contribution is 6.19. The number of halogens is 1. The van der Waals surface area contributed by atoms with E-state index in [1.807, 2.05) is 32.9 Å². The summed E-state index contributed by atoms with van der Waals surface area (Å²) in [6.45, 7) is 5.53. The zero-order valence-corrected chi connectivity index (χ0v) is 13.4. The first-order valence-electron chi connectivity index (χ1n) is 6.44. The topological polar surface area (TPSA) is 47.6 Å². The summed E-state index contributed by atoms with van der Waals surface area (Å²) < 4.78 is 10.5. The summed E-state index contributed by atoms with van der Waals surface area (Å²) in [4.78, 5) is 12.1. The van der Waals surface area contributed by atoms with Crippen LogP contribution in [0.4, 0.5) is 0 Å². The largest absolute Gasteiger partial charge is 0.497 e. The standard InChI is InChI=1S/C15H22ClNO3/c1-10(17-14(18)15(2,3)9-16)12-7-6-11(19-4)8-13(12)20-5/h6-8,10H,9H2,1-5H3,(H,17,18). The molecule has 1 aromatic carbocycles. The number of nitrogens with one attached hydrogen (secondary N) is 1. The molecule has 5 heteroatoms. The van der Waals surface area contributed by atoms with Gasteiger partial charge in [0.1, 0.15) is 11.5 Å². The third-order valence-electron chi connectivity index (χ3n) is 3.20. The number of benzene rings is 1. The van der Waals surface area contributed by atoms with E-state index in [0.29, 0.717) is 11.5 Å². The summed E-state index contributed by atoms with van der Waals surface area (Å²) in [7, 11) is 3.19. The molecule has 0 saturated heterocycles. The third-order valence-corrected chi connectivity index (χ3v) is 3.87. The van der Waals surface area contributed by atoms with E-state index in [4.69, 9.17) is 21.1 Å². The summed E-state index contributed by atoms with van der Waals surface area (Å²) in [5.41, 5.74) is 0.294. The minimum Gasteiger partial charge on any atom is -0.497 e. The molecule has 1 atom stereocenters. The Morgan fingerprint density at radius 3 is 2.50 bits per heavy atom. The van der Waals surface area contributed by atoms with E-state index in [1.54, 1.807) is 20.3 Å². The third kappa shape index (κ3) is 3.79. The Bertz CT molecular complexity index is 474.